The minimum absolute atomic E-state index is 0.200. The molecule has 3 aliphatic rings. The average molecular weight is 585 g/mol. The molecule has 0 atom stereocenters. The molecule has 0 radical (unpaired) electrons. The number of fused-ring (bicyclic) bond motifs is 6. The summed E-state index contributed by atoms with van der Waals surface area (Å²) in [5.41, 5.74) is 15.9. The van der Waals surface area contributed by atoms with Crippen molar-refractivity contribution in [2.75, 3.05) is 0 Å². The van der Waals surface area contributed by atoms with Crippen LogP contribution in [0.25, 0.3) is 55.0 Å². The molecule has 46 heavy (non-hydrogen) atoms. The van der Waals surface area contributed by atoms with E-state index in [0.717, 1.165) is 0 Å². The highest BCUT2D eigenvalue weighted by molar-refractivity contribution is 6.11. The molecule has 0 saturated heterocycles. The Labute approximate surface area is 266 Å². The number of hydrogen-bond donors (Lipinski definition) is 0. The van der Waals surface area contributed by atoms with Crippen molar-refractivity contribution >= 4 is 43.6 Å². The maximum Gasteiger partial charge on any atom is 0.0706 e. The van der Waals surface area contributed by atoms with Gasteiger partial charge < -0.3 is 9.13 Å². The summed E-state index contributed by atoms with van der Waals surface area (Å²) in [7, 11) is 0. The Kier molecular flexibility index (Phi) is 4.71. The van der Waals surface area contributed by atoms with E-state index >= 15 is 0 Å². The van der Waals surface area contributed by atoms with Crippen LogP contribution in [0.4, 0.5) is 0 Å². The average Bonchev–Trinajstić information content (AvgIpc) is 3.64. The summed E-state index contributed by atoms with van der Waals surface area (Å²) in [6.07, 6.45) is 0. The molecule has 0 aliphatic heterocycles. The molecule has 0 fully saturated rings. The molecule has 2 aromatic heterocycles. The molecule has 3 aliphatic carbocycles. The molecular weight excluding hydrogens is 556 g/mol. The fourth-order valence-electron chi connectivity index (χ4n) is 8.91. The number of para-hydroxylation sites is 4. The second kappa shape index (κ2) is 8.87. The van der Waals surface area contributed by atoms with Gasteiger partial charge in [0.15, 0.2) is 0 Å². The third-order valence-electron chi connectivity index (χ3n) is 10.7. The van der Waals surface area contributed by atoms with Gasteiger partial charge in [-0.25, -0.2) is 0 Å². The van der Waals surface area contributed by atoms with Gasteiger partial charge in [0, 0.05) is 33.4 Å². The highest BCUT2D eigenvalue weighted by Gasteiger charge is 2.42. The first-order chi connectivity index (χ1) is 22.9. The molecular formula is C44H28N2. The van der Waals surface area contributed by atoms with E-state index in [9.17, 15) is 0 Å². The van der Waals surface area contributed by atoms with E-state index in [4.69, 9.17) is 0 Å². The second-order valence-electron chi connectivity index (χ2n) is 12.8. The third kappa shape index (κ3) is 3.01. The Morgan fingerprint density at radius 2 is 0.543 bits per heavy atom. The van der Waals surface area contributed by atoms with E-state index in [2.05, 4.69) is 167 Å². The fourth-order valence-corrected chi connectivity index (χ4v) is 8.91. The SMILES string of the molecule is c1ccc2c(c1)C1c3ccccc3C2c2cc(-n3c4ccccc4c4ccccc43)c(-n3c4ccccc4c4ccccc43)cc21. The highest BCUT2D eigenvalue weighted by atomic mass is 15.1. The van der Waals surface area contributed by atoms with Crippen molar-refractivity contribution in [1.29, 1.82) is 0 Å². The standard InChI is InChI=1S/C44H28N2/c1-2-18-32-31(17-1)43-33-19-3-4-20-34(33)44(32)36-26-42(46-39-23-11-7-15-29(39)30-16-8-12-24-40(30)46)41(25-35(36)43)45-37-21-9-5-13-27(37)28-14-6-10-22-38(28)45/h1-26,43-44H. The van der Waals surface area contributed by atoms with Gasteiger partial charge in [0.2, 0.25) is 0 Å². The van der Waals surface area contributed by atoms with Crippen molar-refractivity contribution in [2.45, 2.75) is 11.8 Å². The van der Waals surface area contributed by atoms with Crippen LogP contribution in [0.2, 0.25) is 0 Å². The van der Waals surface area contributed by atoms with Gasteiger partial charge in [-0.2, -0.15) is 0 Å². The van der Waals surface area contributed by atoms with Crippen molar-refractivity contribution in [2.24, 2.45) is 0 Å². The Morgan fingerprint density at radius 3 is 0.848 bits per heavy atom. The van der Waals surface area contributed by atoms with Crippen molar-refractivity contribution < 1.29 is 0 Å². The smallest absolute Gasteiger partial charge is 0.0706 e. The maximum absolute atomic E-state index is 2.54. The van der Waals surface area contributed by atoms with Crippen LogP contribution in [0.15, 0.2) is 158 Å². The normalized spacial score (nSPS) is 16.3. The molecule has 2 bridgehead atoms. The van der Waals surface area contributed by atoms with Crippen LogP contribution in [-0.4, -0.2) is 9.13 Å². The number of nitrogens with zero attached hydrogens (tertiary/aromatic N) is 2. The van der Waals surface area contributed by atoms with Crippen LogP contribution in [-0.2, 0) is 0 Å². The monoisotopic (exact) mass is 584 g/mol. The predicted octanol–water partition coefficient (Wildman–Crippen LogP) is 10.9. The first-order valence-corrected chi connectivity index (χ1v) is 16.2. The lowest BCUT2D eigenvalue weighted by molar-refractivity contribution is 0.752. The van der Waals surface area contributed by atoms with Gasteiger partial charge in [0.25, 0.3) is 0 Å². The van der Waals surface area contributed by atoms with Crippen LogP contribution in [0.1, 0.15) is 45.2 Å². The van der Waals surface area contributed by atoms with Gasteiger partial charge in [0.05, 0.1) is 33.4 Å². The van der Waals surface area contributed by atoms with E-state index in [1.807, 2.05) is 0 Å². The van der Waals surface area contributed by atoms with Gasteiger partial charge in [-0.3, -0.25) is 0 Å². The number of hydrogen-bond acceptors (Lipinski definition) is 0. The lowest BCUT2D eigenvalue weighted by Gasteiger charge is -2.42. The van der Waals surface area contributed by atoms with Crippen molar-refractivity contribution in [1.82, 2.24) is 9.13 Å². The van der Waals surface area contributed by atoms with Gasteiger partial charge >= 0.3 is 0 Å². The molecule has 2 heterocycles. The minimum atomic E-state index is 0.200. The molecule has 0 spiro atoms. The summed E-state index contributed by atoms with van der Waals surface area (Å²) in [6, 6.07) is 58.8. The zero-order valence-electron chi connectivity index (χ0n) is 25.1. The van der Waals surface area contributed by atoms with Gasteiger partial charge in [-0.15, -0.1) is 0 Å². The second-order valence-corrected chi connectivity index (χ2v) is 12.8. The molecule has 2 heteroatoms. The van der Waals surface area contributed by atoms with Gasteiger partial charge in [-0.05, 0) is 69.8 Å². The third-order valence-corrected chi connectivity index (χ3v) is 10.7. The van der Waals surface area contributed by atoms with E-state index in [0.29, 0.717) is 0 Å². The zero-order valence-corrected chi connectivity index (χ0v) is 25.1. The largest absolute Gasteiger partial charge is 0.307 e. The molecule has 0 unspecified atom stereocenters. The molecule has 12 rings (SSSR count). The molecule has 2 nitrogen and oxygen atoms in total. The minimum Gasteiger partial charge on any atom is -0.307 e. The van der Waals surface area contributed by atoms with Gasteiger partial charge in [0.1, 0.15) is 0 Å². The highest BCUT2D eigenvalue weighted by Crippen LogP contribution is 2.57. The van der Waals surface area contributed by atoms with E-state index in [-0.39, 0.29) is 11.8 Å². The maximum atomic E-state index is 2.54. The van der Waals surface area contributed by atoms with Gasteiger partial charge in [-0.1, -0.05) is 121 Å². The molecule has 0 amide bonds. The molecule has 7 aromatic carbocycles. The summed E-state index contributed by atoms with van der Waals surface area (Å²) in [5.74, 6) is 0.401. The predicted molar refractivity (Wildman–Crippen MR) is 190 cm³/mol. The topological polar surface area (TPSA) is 9.86 Å². The Morgan fingerprint density at radius 1 is 0.283 bits per heavy atom. The summed E-state index contributed by atoms with van der Waals surface area (Å²) < 4.78 is 5.04. The summed E-state index contributed by atoms with van der Waals surface area (Å²) >= 11 is 0. The number of benzene rings is 7. The number of rotatable bonds is 2. The lowest BCUT2D eigenvalue weighted by atomic mass is 9.61. The Balaban J connectivity index is 1.34. The molecule has 0 saturated carbocycles. The van der Waals surface area contributed by atoms with Crippen molar-refractivity contribution in [3.8, 4) is 11.4 Å². The summed E-state index contributed by atoms with van der Waals surface area (Å²) in [6.45, 7) is 0. The quantitative estimate of drug-likeness (QED) is 0.191. The Hall–Kier alpha value is -5.86. The molecule has 214 valence electrons. The van der Waals surface area contributed by atoms with E-state index < -0.39 is 0 Å². The molecule has 0 N–H and O–H groups in total. The van der Waals surface area contributed by atoms with Crippen LogP contribution >= 0.6 is 0 Å². The van der Waals surface area contributed by atoms with Crippen LogP contribution in [0.3, 0.4) is 0 Å². The summed E-state index contributed by atoms with van der Waals surface area (Å²) in [5, 5.41) is 5.12. The van der Waals surface area contributed by atoms with Crippen LogP contribution in [0.5, 0.6) is 0 Å². The molecule has 9 aromatic rings. The fraction of sp³-hybridized carbons (Fsp3) is 0.0455. The van der Waals surface area contributed by atoms with Crippen molar-refractivity contribution in [3.63, 3.8) is 0 Å². The first-order valence-electron chi connectivity index (χ1n) is 16.2. The number of aromatic nitrogens is 2. The van der Waals surface area contributed by atoms with Crippen molar-refractivity contribution in [3.05, 3.63) is 191 Å². The zero-order chi connectivity index (χ0) is 29.9. The summed E-state index contributed by atoms with van der Waals surface area (Å²) in [4.78, 5) is 0. The Bertz CT molecular complexity index is 2380. The first kappa shape index (κ1) is 24.5. The van der Waals surface area contributed by atoms with E-state index in [1.54, 1.807) is 0 Å². The van der Waals surface area contributed by atoms with Crippen LogP contribution < -0.4 is 0 Å². The van der Waals surface area contributed by atoms with Crippen LogP contribution in [0, 0.1) is 0 Å². The van der Waals surface area contributed by atoms with E-state index in [1.165, 1.54) is 88.4 Å². The lowest BCUT2D eigenvalue weighted by Crippen LogP contribution is -2.28.